The van der Waals surface area contributed by atoms with E-state index in [2.05, 4.69) is 126 Å². The number of rotatable bonds is 1. The van der Waals surface area contributed by atoms with Gasteiger partial charge in [-0.05, 0) is 88.6 Å². The minimum absolute atomic E-state index is 0.000769. The monoisotopic (exact) mass is 506 g/mol. The second kappa shape index (κ2) is 8.97. The molecule has 0 fully saturated rings. The van der Waals surface area contributed by atoms with E-state index in [1.165, 1.54) is 60.5 Å². The minimum atomic E-state index is -0.00458. The quantitative estimate of drug-likeness (QED) is 0.362. The Morgan fingerprint density at radius 3 is 1.87 bits per heavy atom. The Labute approximate surface area is 233 Å². The highest BCUT2D eigenvalue weighted by molar-refractivity contribution is 5.73. The van der Waals surface area contributed by atoms with Gasteiger partial charge in [-0.25, -0.2) is 0 Å². The van der Waals surface area contributed by atoms with Crippen LogP contribution >= 0.6 is 0 Å². The lowest BCUT2D eigenvalue weighted by Crippen LogP contribution is -2.35. The second-order valence-electron chi connectivity index (χ2n) is 15.8. The lowest BCUT2D eigenvalue weighted by Gasteiger charge is -2.38. The van der Waals surface area contributed by atoms with Crippen LogP contribution in [-0.2, 0) is 17.3 Å². The van der Waals surface area contributed by atoms with Crippen molar-refractivity contribution in [3.63, 3.8) is 0 Å². The molecule has 1 unspecified atom stereocenters. The highest BCUT2D eigenvalue weighted by Crippen LogP contribution is 2.48. The summed E-state index contributed by atoms with van der Waals surface area (Å²) in [6, 6.07) is 9.56. The van der Waals surface area contributed by atoms with E-state index < -0.39 is 0 Å². The molecule has 2 aromatic rings. The smallest absolute Gasteiger partial charge is 0.0351 e. The van der Waals surface area contributed by atoms with Crippen molar-refractivity contribution in [3.05, 3.63) is 97.5 Å². The van der Waals surface area contributed by atoms with Gasteiger partial charge < -0.3 is 0 Å². The normalized spacial score (nSPS) is 18.3. The molecule has 0 saturated carbocycles. The molecule has 0 N–H and O–H groups in total. The fourth-order valence-electron chi connectivity index (χ4n) is 6.20. The highest BCUT2D eigenvalue weighted by Gasteiger charge is 2.35. The van der Waals surface area contributed by atoms with Gasteiger partial charge >= 0.3 is 0 Å². The van der Waals surface area contributed by atoms with E-state index in [0.29, 0.717) is 0 Å². The number of fused-ring (bicyclic) bond motifs is 2. The van der Waals surface area contributed by atoms with E-state index in [9.17, 15) is 0 Å². The molecule has 0 amide bonds. The van der Waals surface area contributed by atoms with Crippen LogP contribution in [0, 0.1) is 10.8 Å². The summed E-state index contributed by atoms with van der Waals surface area (Å²) in [6.45, 7) is 37.3. The first-order valence-corrected chi connectivity index (χ1v) is 14.3. The van der Waals surface area contributed by atoms with Crippen LogP contribution in [0.15, 0.2) is 53.6 Å². The largest absolute Gasteiger partial charge is 0.0946 e. The molecule has 0 radical (unpaired) electrons. The van der Waals surface area contributed by atoms with Crippen LogP contribution in [0.2, 0.25) is 0 Å². The van der Waals surface area contributed by atoms with E-state index in [4.69, 9.17) is 13.2 Å². The van der Waals surface area contributed by atoms with E-state index in [1.807, 2.05) is 0 Å². The van der Waals surface area contributed by atoms with Crippen molar-refractivity contribution in [2.24, 2.45) is 10.8 Å². The summed E-state index contributed by atoms with van der Waals surface area (Å²) in [5.74, 6) is 0.0970. The summed E-state index contributed by atoms with van der Waals surface area (Å²) in [7, 11) is 0. The molecule has 202 valence electrons. The lowest BCUT2D eigenvalue weighted by molar-refractivity contribution is 0.506. The molecular formula is C38H50. The van der Waals surface area contributed by atoms with Crippen molar-refractivity contribution in [2.45, 2.75) is 106 Å². The molecule has 38 heavy (non-hydrogen) atoms. The van der Waals surface area contributed by atoms with E-state index in [-0.39, 0.29) is 27.6 Å². The Morgan fingerprint density at radius 1 is 0.711 bits per heavy atom. The number of benzene rings is 2. The van der Waals surface area contributed by atoms with E-state index in [0.717, 1.165) is 6.42 Å². The summed E-state index contributed by atoms with van der Waals surface area (Å²) in [5.41, 5.74) is 12.4. The maximum Gasteiger partial charge on any atom is 0.0351 e. The van der Waals surface area contributed by atoms with Gasteiger partial charge in [0.1, 0.15) is 0 Å². The zero-order valence-corrected chi connectivity index (χ0v) is 26.2. The SMILES string of the molecule is C=C1C(C(C)(C)C)=Cc2cc(C(C)(C)C)ccc2C1c1c2c(cc(C(C)(C)C)c1=C)=CC(C(C)(C)C)=CC2. The molecule has 0 heterocycles. The molecular weight excluding hydrogens is 456 g/mol. The second-order valence-corrected chi connectivity index (χ2v) is 15.8. The Hall–Kier alpha value is -2.60. The van der Waals surface area contributed by atoms with Crippen LogP contribution in [-0.4, -0.2) is 0 Å². The predicted molar refractivity (Wildman–Crippen MR) is 169 cm³/mol. The third kappa shape index (κ3) is 5.04. The molecule has 2 aliphatic rings. The first-order valence-electron chi connectivity index (χ1n) is 14.3. The summed E-state index contributed by atoms with van der Waals surface area (Å²) in [5, 5.41) is 2.54. The molecule has 4 rings (SSSR count). The highest BCUT2D eigenvalue weighted by atomic mass is 14.4. The number of allylic oxidation sites excluding steroid dienone is 4. The van der Waals surface area contributed by atoms with Crippen molar-refractivity contribution in [2.75, 3.05) is 0 Å². The van der Waals surface area contributed by atoms with Gasteiger partial charge in [-0.3, -0.25) is 0 Å². The van der Waals surface area contributed by atoms with Gasteiger partial charge in [0.2, 0.25) is 0 Å². The van der Waals surface area contributed by atoms with Crippen molar-refractivity contribution < 1.29 is 0 Å². The van der Waals surface area contributed by atoms with Crippen LogP contribution in [0.4, 0.5) is 0 Å². The maximum atomic E-state index is 4.80. The van der Waals surface area contributed by atoms with Gasteiger partial charge in [-0.1, -0.05) is 139 Å². The first kappa shape index (κ1) is 28.4. The van der Waals surface area contributed by atoms with E-state index >= 15 is 0 Å². The topological polar surface area (TPSA) is 0 Å². The zero-order chi connectivity index (χ0) is 28.6. The molecule has 0 saturated heterocycles. The molecule has 2 aliphatic carbocycles. The maximum absolute atomic E-state index is 4.80. The van der Waals surface area contributed by atoms with Gasteiger partial charge in [-0.2, -0.15) is 0 Å². The molecule has 0 nitrogen and oxygen atoms in total. The Bertz CT molecular complexity index is 1470. The summed E-state index contributed by atoms with van der Waals surface area (Å²) in [4.78, 5) is 0. The van der Waals surface area contributed by atoms with Crippen LogP contribution in [0.1, 0.15) is 122 Å². The number of hydrogen-bond donors (Lipinski definition) is 0. The minimum Gasteiger partial charge on any atom is -0.0946 e. The van der Waals surface area contributed by atoms with Crippen LogP contribution < -0.4 is 10.4 Å². The molecule has 2 aromatic carbocycles. The van der Waals surface area contributed by atoms with Crippen molar-refractivity contribution in [3.8, 4) is 0 Å². The average Bonchev–Trinajstić information content (AvgIpc) is 2.75. The van der Waals surface area contributed by atoms with Crippen molar-refractivity contribution in [1.82, 2.24) is 0 Å². The van der Waals surface area contributed by atoms with Crippen LogP contribution in [0.3, 0.4) is 0 Å². The third-order valence-electron chi connectivity index (χ3n) is 8.49. The molecule has 0 aliphatic heterocycles. The van der Waals surface area contributed by atoms with Crippen LogP contribution in [0.5, 0.6) is 0 Å². The van der Waals surface area contributed by atoms with Crippen LogP contribution in [0.25, 0.3) is 18.7 Å². The van der Waals surface area contributed by atoms with Gasteiger partial charge in [0, 0.05) is 5.92 Å². The average molecular weight is 507 g/mol. The first-order chi connectivity index (χ1) is 17.2. The molecule has 0 aromatic heterocycles. The standard InChI is InChI=1S/C38H50/c1-23-31(37(9,10)11)21-25-19-27(35(3,4)5)15-17-29(25)33(23)34-24(2)32(38(12,13)14)22-26-20-28(36(6,7)8)16-18-30(26)34/h15-17,19-22,33H,1-2,18H2,3-14H3. The summed E-state index contributed by atoms with van der Waals surface area (Å²) >= 11 is 0. The van der Waals surface area contributed by atoms with Gasteiger partial charge in [-0.15, -0.1) is 0 Å². The Kier molecular flexibility index (Phi) is 6.71. The molecule has 0 spiro atoms. The Morgan fingerprint density at radius 2 is 1.34 bits per heavy atom. The van der Waals surface area contributed by atoms with Crippen molar-refractivity contribution in [1.29, 1.82) is 0 Å². The van der Waals surface area contributed by atoms with E-state index in [1.54, 1.807) is 0 Å². The third-order valence-corrected chi connectivity index (χ3v) is 8.49. The molecule has 0 heteroatoms. The fourth-order valence-corrected chi connectivity index (χ4v) is 6.20. The summed E-state index contributed by atoms with van der Waals surface area (Å²) in [6.07, 6.45) is 8.23. The predicted octanol–water partition coefficient (Wildman–Crippen LogP) is 9.13. The molecule has 1 atom stereocenters. The molecule has 0 bridgehead atoms. The van der Waals surface area contributed by atoms with Crippen molar-refractivity contribution >= 4 is 18.7 Å². The fraction of sp³-hybridized carbons (Fsp3) is 0.474. The number of hydrogen-bond acceptors (Lipinski definition) is 0. The van der Waals surface area contributed by atoms with Gasteiger partial charge in [0.25, 0.3) is 0 Å². The summed E-state index contributed by atoms with van der Waals surface area (Å²) < 4.78 is 0. The van der Waals surface area contributed by atoms with Gasteiger partial charge in [0.15, 0.2) is 0 Å². The Balaban J connectivity index is 2.11. The zero-order valence-electron chi connectivity index (χ0n) is 26.2. The lowest BCUT2D eigenvalue weighted by atomic mass is 9.66. The van der Waals surface area contributed by atoms with Gasteiger partial charge in [0.05, 0.1) is 0 Å².